The van der Waals surface area contributed by atoms with Crippen molar-refractivity contribution in [3.63, 3.8) is 0 Å². The van der Waals surface area contributed by atoms with E-state index in [1.165, 1.54) is 5.38 Å². The van der Waals surface area contributed by atoms with Crippen molar-refractivity contribution < 1.29 is 14.3 Å². The van der Waals surface area contributed by atoms with Crippen molar-refractivity contribution in [2.45, 2.75) is 19.9 Å². The monoisotopic (exact) mass is 373 g/mol. The summed E-state index contributed by atoms with van der Waals surface area (Å²) in [4.78, 5) is 39.9. The molecule has 10 heteroatoms. The molecule has 0 aliphatic heterocycles. The van der Waals surface area contributed by atoms with Crippen LogP contribution in [-0.4, -0.2) is 38.5 Å². The van der Waals surface area contributed by atoms with Crippen molar-refractivity contribution in [1.29, 1.82) is 0 Å². The molecule has 2 heterocycles. The lowest BCUT2D eigenvalue weighted by molar-refractivity contribution is -0.116. The summed E-state index contributed by atoms with van der Waals surface area (Å²) in [6.07, 6.45) is 0.0151. The van der Waals surface area contributed by atoms with Crippen molar-refractivity contribution in [2.75, 3.05) is 11.9 Å². The molecule has 0 aliphatic rings. The zero-order valence-electron chi connectivity index (χ0n) is 13.8. The van der Waals surface area contributed by atoms with Gasteiger partial charge in [-0.15, -0.1) is 16.4 Å². The van der Waals surface area contributed by atoms with Crippen LogP contribution in [0.25, 0.3) is 10.9 Å². The van der Waals surface area contributed by atoms with Crippen LogP contribution in [0.1, 0.15) is 23.8 Å². The molecule has 0 saturated carbocycles. The van der Waals surface area contributed by atoms with Crippen LogP contribution in [0.4, 0.5) is 5.13 Å². The second kappa shape index (κ2) is 7.83. The third kappa shape index (κ3) is 3.91. The highest BCUT2D eigenvalue weighted by Crippen LogP contribution is 2.16. The van der Waals surface area contributed by atoms with Crippen LogP contribution in [-0.2, 0) is 16.1 Å². The molecule has 0 radical (unpaired) electrons. The molecule has 0 spiro atoms. The van der Waals surface area contributed by atoms with E-state index in [4.69, 9.17) is 4.74 Å². The molecule has 0 bridgehead atoms. The van der Waals surface area contributed by atoms with Crippen molar-refractivity contribution in [1.82, 2.24) is 20.0 Å². The van der Waals surface area contributed by atoms with Crippen LogP contribution < -0.4 is 10.9 Å². The summed E-state index contributed by atoms with van der Waals surface area (Å²) in [6.45, 7) is 2.03. The predicted octanol–water partition coefficient (Wildman–Crippen LogP) is 1.45. The number of aryl methyl sites for hydroxylation is 1. The van der Waals surface area contributed by atoms with Crippen LogP contribution in [0.3, 0.4) is 0 Å². The van der Waals surface area contributed by atoms with Crippen molar-refractivity contribution >= 4 is 39.2 Å². The maximum Gasteiger partial charge on any atom is 0.357 e. The molecule has 26 heavy (non-hydrogen) atoms. The van der Waals surface area contributed by atoms with Gasteiger partial charge in [0.1, 0.15) is 5.52 Å². The summed E-state index contributed by atoms with van der Waals surface area (Å²) in [5.74, 6) is -0.890. The Morgan fingerprint density at radius 1 is 1.31 bits per heavy atom. The third-order valence-corrected chi connectivity index (χ3v) is 4.17. The summed E-state index contributed by atoms with van der Waals surface area (Å²) < 4.78 is 5.99. The van der Waals surface area contributed by atoms with E-state index >= 15 is 0 Å². The molecule has 1 aromatic carbocycles. The molecular formula is C16H15N5O4S. The highest BCUT2D eigenvalue weighted by Gasteiger charge is 2.13. The predicted molar refractivity (Wildman–Crippen MR) is 95.1 cm³/mol. The maximum atomic E-state index is 12.3. The highest BCUT2D eigenvalue weighted by molar-refractivity contribution is 7.14. The number of fused-ring (bicyclic) bond motifs is 1. The molecule has 3 aromatic rings. The number of benzene rings is 1. The summed E-state index contributed by atoms with van der Waals surface area (Å²) in [7, 11) is 0. The molecule has 0 saturated heterocycles. The SMILES string of the molecule is CCOC(=O)c1csc(NC(=O)CCn2nnc3ccccc3c2=O)n1. The van der Waals surface area contributed by atoms with Crippen molar-refractivity contribution in [2.24, 2.45) is 0 Å². The van der Waals surface area contributed by atoms with Gasteiger partial charge in [-0.1, -0.05) is 17.3 Å². The van der Waals surface area contributed by atoms with Gasteiger partial charge in [0.15, 0.2) is 10.8 Å². The number of anilines is 1. The summed E-state index contributed by atoms with van der Waals surface area (Å²) in [5.41, 5.74) is 0.346. The Morgan fingerprint density at radius 2 is 2.12 bits per heavy atom. The third-order valence-electron chi connectivity index (χ3n) is 3.42. The van der Waals surface area contributed by atoms with Gasteiger partial charge in [-0.3, -0.25) is 9.59 Å². The molecule has 0 atom stereocenters. The van der Waals surface area contributed by atoms with E-state index in [1.54, 1.807) is 31.2 Å². The molecule has 0 unspecified atom stereocenters. The van der Waals surface area contributed by atoms with E-state index in [0.717, 1.165) is 16.0 Å². The Kier molecular flexibility index (Phi) is 5.32. The van der Waals surface area contributed by atoms with Crippen LogP contribution in [0.2, 0.25) is 0 Å². The quantitative estimate of drug-likeness (QED) is 0.650. The number of esters is 1. The van der Waals surface area contributed by atoms with Crippen LogP contribution in [0.5, 0.6) is 0 Å². The minimum Gasteiger partial charge on any atom is -0.461 e. The number of nitrogens with zero attached hydrogens (tertiary/aromatic N) is 4. The number of carbonyl (C=O) groups excluding carboxylic acids is 2. The number of carbonyl (C=O) groups is 2. The van der Waals surface area contributed by atoms with Gasteiger partial charge >= 0.3 is 5.97 Å². The Hall–Kier alpha value is -3.14. The van der Waals surface area contributed by atoms with E-state index in [1.807, 2.05) is 0 Å². The lowest BCUT2D eigenvalue weighted by Gasteiger charge is -2.04. The van der Waals surface area contributed by atoms with Gasteiger partial charge in [-0.2, -0.15) is 0 Å². The number of hydrogen-bond acceptors (Lipinski definition) is 8. The Bertz CT molecular complexity index is 1010. The standard InChI is InChI=1S/C16H15N5O4S/c1-2-25-15(24)12-9-26-16(17-12)18-13(22)7-8-21-14(23)10-5-3-4-6-11(10)19-20-21/h3-6,9H,2,7-8H2,1H3,(H,17,18,22). The van der Waals surface area contributed by atoms with E-state index in [0.29, 0.717) is 10.9 Å². The second-order valence-electron chi connectivity index (χ2n) is 5.19. The van der Waals surface area contributed by atoms with Gasteiger partial charge in [-0.05, 0) is 19.1 Å². The van der Waals surface area contributed by atoms with Crippen LogP contribution >= 0.6 is 11.3 Å². The first kappa shape index (κ1) is 17.7. The van der Waals surface area contributed by atoms with E-state index in [9.17, 15) is 14.4 Å². The molecule has 2 aromatic heterocycles. The average Bonchev–Trinajstić information content (AvgIpc) is 3.10. The van der Waals surface area contributed by atoms with Gasteiger partial charge in [0.2, 0.25) is 5.91 Å². The molecule has 9 nitrogen and oxygen atoms in total. The average molecular weight is 373 g/mol. The molecule has 1 N–H and O–H groups in total. The minimum absolute atomic E-state index is 0.0151. The molecule has 0 aliphatic carbocycles. The fourth-order valence-corrected chi connectivity index (χ4v) is 2.88. The first-order valence-electron chi connectivity index (χ1n) is 7.83. The fourth-order valence-electron chi connectivity index (χ4n) is 2.19. The van der Waals surface area contributed by atoms with Gasteiger partial charge in [-0.25, -0.2) is 14.5 Å². The largest absolute Gasteiger partial charge is 0.461 e. The molecule has 1 amide bonds. The molecule has 3 rings (SSSR count). The van der Waals surface area contributed by atoms with Gasteiger partial charge in [0.25, 0.3) is 5.56 Å². The Labute approximate surface area is 151 Å². The topological polar surface area (TPSA) is 116 Å². The first-order chi connectivity index (χ1) is 12.6. The second-order valence-corrected chi connectivity index (χ2v) is 6.05. The Balaban J connectivity index is 1.62. The van der Waals surface area contributed by atoms with Crippen molar-refractivity contribution in [3.8, 4) is 0 Å². The first-order valence-corrected chi connectivity index (χ1v) is 8.71. The number of amides is 1. The zero-order chi connectivity index (χ0) is 18.5. The summed E-state index contributed by atoms with van der Waals surface area (Å²) in [6, 6.07) is 6.87. The lowest BCUT2D eigenvalue weighted by Crippen LogP contribution is -2.26. The lowest BCUT2D eigenvalue weighted by atomic mass is 10.2. The fraction of sp³-hybridized carbons (Fsp3) is 0.250. The summed E-state index contributed by atoms with van der Waals surface area (Å²) >= 11 is 1.12. The molecule has 0 fully saturated rings. The highest BCUT2D eigenvalue weighted by atomic mass is 32.1. The molecule has 134 valence electrons. The van der Waals surface area contributed by atoms with Gasteiger partial charge in [0.05, 0.1) is 18.5 Å². The minimum atomic E-state index is -0.540. The van der Waals surface area contributed by atoms with Gasteiger partial charge in [0, 0.05) is 11.8 Å². The van der Waals surface area contributed by atoms with E-state index in [-0.39, 0.29) is 41.9 Å². The maximum absolute atomic E-state index is 12.3. The number of thiazole rings is 1. The number of hydrogen-bond donors (Lipinski definition) is 1. The Morgan fingerprint density at radius 3 is 2.92 bits per heavy atom. The number of ether oxygens (including phenoxy) is 1. The van der Waals surface area contributed by atoms with Crippen LogP contribution in [0.15, 0.2) is 34.4 Å². The van der Waals surface area contributed by atoms with Crippen molar-refractivity contribution in [3.05, 3.63) is 45.7 Å². The normalized spacial score (nSPS) is 10.7. The zero-order valence-corrected chi connectivity index (χ0v) is 14.7. The van der Waals surface area contributed by atoms with E-state index in [2.05, 4.69) is 20.6 Å². The van der Waals surface area contributed by atoms with Crippen LogP contribution in [0, 0.1) is 0 Å². The van der Waals surface area contributed by atoms with Gasteiger partial charge < -0.3 is 10.1 Å². The number of rotatable bonds is 6. The molecular weight excluding hydrogens is 358 g/mol. The number of nitrogens with one attached hydrogen (secondary N) is 1. The van der Waals surface area contributed by atoms with E-state index < -0.39 is 5.97 Å². The summed E-state index contributed by atoms with van der Waals surface area (Å²) in [5, 5.41) is 12.6. The number of aromatic nitrogens is 4. The smallest absolute Gasteiger partial charge is 0.357 e.